The molecule has 0 aliphatic heterocycles. The Labute approximate surface area is 195 Å². The van der Waals surface area contributed by atoms with Gasteiger partial charge in [-0.05, 0) is 32.0 Å². The van der Waals surface area contributed by atoms with E-state index in [1.54, 1.807) is 12.3 Å². The highest BCUT2D eigenvalue weighted by Crippen LogP contribution is 2.36. The van der Waals surface area contributed by atoms with Crippen molar-refractivity contribution in [3.05, 3.63) is 100 Å². The summed E-state index contributed by atoms with van der Waals surface area (Å²) in [4.78, 5) is 17.5. The molecule has 5 nitrogen and oxygen atoms in total. The lowest BCUT2D eigenvalue weighted by molar-refractivity contribution is 0.102. The normalized spacial score (nSPS) is 11.0. The molecule has 0 unspecified atom stereocenters. The fraction of sp³-hybridized carbons (Fsp3) is 0.0800. The van der Waals surface area contributed by atoms with Crippen LogP contribution in [0.15, 0.2) is 77.9 Å². The SMILES string of the molecule is Cc1ccc(C(=O)Nc2sc(N/N=C\c3ccccc3Cl)nc2-c2ccc(C)cc2)cc1. The van der Waals surface area contributed by atoms with Gasteiger partial charge in [0, 0.05) is 21.7 Å². The first-order valence-corrected chi connectivity index (χ1v) is 11.2. The number of thiazole rings is 1. The van der Waals surface area contributed by atoms with E-state index >= 15 is 0 Å². The molecule has 4 rings (SSSR count). The molecule has 0 saturated heterocycles. The summed E-state index contributed by atoms with van der Waals surface area (Å²) in [5.41, 5.74) is 8.18. The third-order valence-corrected chi connectivity index (χ3v) is 5.98. The van der Waals surface area contributed by atoms with Gasteiger partial charge in [0.1, 0.15) is 10.7 Å². The lowest BCUT2D eigenvalue weighted by Crippen LogP contribution is -2.11. The van der Waals surface area contributed by atoms with E-state index in [0.717, 1.165) is 22.3 Å². The van der Waals surface area contributed by atoms with Crippen LogP contribution in [0, 0.1) is 13.8 Å². The number of hydrogen-bond donors (Lipinski definition) is 2. The van der Waals surface area contributed by atoms with Gasteiger partial charge < -0.3 is 5.32 Å². The van der Waals surface area contributed by atoms with Crippen LogP contribution in [0.2, 0.25) is 5.02 Å². The van der Waals surface area contributed by atoms with Crippen LogP contribution < -0.4 is 10.7 Å². The first-order valence-electron chi connectivity index (χ1n) is 9.99. The molecule has 4 aromatic rings. The molecule has 32 heavy (non-hydrogen) atoms. The fourth-order valence-electron chi connectivity index (χ4n) is 2.98. The van der Waals surface area contributed by atoms with Crippen molar-refractivity contribution in [2.75, 3.05) is 10.7 Å². The van der Waals surface area contributed by atoms with E-state index in [1.165, 1.54) is 11.3 Å². The van der Waals surface area contributed by atoms with Gasteiger partial charge in [-0.3, -0.25) is 10.2 Å². The molecule has 0 aliphatic rings. The summed E-state index contributed by atoms with van der Waals surface area (Å²) in [6, 6.07) is 22.9. The molecule has 7 heteroatoms. The molecule has 1 heterocycles. The summed E-state index contributed by atoms with van der Waals surface area (Å²) in [7, 11) is 0. The lowest BCUT2D eigenvalue weighted by Gasteiger charge is -2.06. The van der Waals surface area contributed by atoms with Crippen molar-refractivity contribution in [2.45, 2.75) is 13.8 Å². The number of rotatable bonds is 6. The van der Waals surface area contributed by atoms with Crippen molar-refractivity contribution in [3.8, 4) is 11.3 Å². The first kappa shape index (κ1) is 21.7. The van der Waals surface area contributed by atoms with Crippen LogP contribution in [0.25, 0.3) is 11.3 Å². The Hall–Kier alpha value is -3.48. The number of anilines is 2. The number of carbonyl (C=O) groups is 1. The Morgan fingerprint density at radius 2 is 1.62 bits per heavy atom. The molecular weight excluding hydrogens is 440 g/mol. The van der Waals surface area contributed by atoms with Crippen LogP contribution in [0.3, 0.4) is 0 Å². The van der Waals surface area contributed by atoms with E-state index in [1.807, 2.05) is 80.6 Å². The highest BCUT2D eigenvalue weighted by molar-refractivity contribution is 7.20. The van der Waals surface area contributed by atoms with Gasteiger partial charge >= 0.3 is 0 Å². The Morgan fingerprint density at radius 1 is 0.969 bits per heavy atom. The first-order chi connectivity index (χ1) is 15.5. The molecule has 0 aliphatic carbocycles. The summed E-state index contributed by atoms with van der Waals surface area (Å²) in [5, 5.41) is 9.08. The number of carbonyl (C=O) groups excluding carboxylic acids is 1. The number of amides is 1. The monoisotopic (exact) mass is 460 g/mol. The number of aryl methyl sites for hydroxylation is 2. The van der Waals surface area contributed by atoms with Crippen molar-refractivity contribution in [2.24, 2.45) is 5.10 Å². The Bertz CT molecular complexity index is 1260. The number of hydrogen-bond acceptors (Lipinski definition) is 5. The highest BCUT2D eigenvalue weighted by Gasteiger charge is 2.16. The van der Waals surface area contributed by atoms with Crippen molar-refractivity contribution in [1.29, 1.82) is 0 Å². The van der Waals surface area contributed by atoms with Crippen molar-refractivity contribution < 1.29 is 4.79 Å². The summed E-state index contributed by atoms with van der Waals surface area (Å²) in [6.45, 7) is 4.02. The third-order valence-electron chi connectivity index (χ3n) is 4.76. The number of nitrogens with one attached hydrogen (secondary N) is 2. The molecule has 3 aromatic carbocycles. The second-order valence-corrected chi connectivity index (χ2v) is 8.68. The number of hydrazone groups is 1. The third kappa shape index (κ3) is 5.22. The number of aromatic nitrogens is 1. The summed E-state index contributed by atoms with van der Waals surface area (Å²) in [6.07, 6.45) is 1.64. The minimum Gasteiger partial charge on any atom is -0.312 e. The van der Waals surface area contributed by atoms with E-state index in [0.29, 0.717) is 26.4 Å². The minimum atomic E-state index is -0.187. The molecule has 0 bridgehead atoms. The summed E-state index contributed by atoms with van der Waals surface area (Å²) < 4.78 is 0. The molecule has 0 spiro atoms. The topological polar surface area (TPSA) is 66.4 Å². The second-order valence-electron chi connectivity index (χ2n) is 7.27. The van der Waals surface area contributed by atoms with Gasteiger partial charge in [-0.15, -0.1) is 0 Å². The number of nitrogens with zero attached hydrogens (tertiary/aromatic N) is 2. The van der Waals surface area contributed by atoms with E-state index in [9.17, 15) is 4.79 Å². The van der Waals surface area contributed by atoms with Crippen molar-refractivity contribution >= 4 is 45.2 Å². The largest absolute Gasteiger partial charge is 0.312 e. The van der Waals surface area contributed by atoms with Crippen LogP contribution >= 0.6 is 22.9 Å². The zero-order valence-corrected chi connectivity index (χ0v) is 19.2. The quantitative estimate of drug-likeness (QED) is 0.246. The summed E-state index contributed by atoms with van der Waals surface area (Å²) in [5.74, 6) is -0.187. The molecule has 0 fully saturated rings. The second kappa shape index (κ2) is 9.77. The number of benzene rings is 3. The Kier molecular flexibility index (Phi) is 6.63. The molecule has 2 N–H and O–H groups in total. The maximum atomic E-state index is 12.8. The summed E-state index contributed by atoms with van der Waals surface area (Å²) >= 11 is 7.50. The molecule has 0 radical (unpaired) electrons. The van der Waals surface area contributed by atoms with Crippen LogP contribution in [0.5, 0.6) is 0 Å². The lowest BCUT2D eigenvalue weighted by atomic mass is 10.1. The van der Waals surface area contributed by atoms with E-state index in [2.05, 4.69) is 20.8 Å². The average molecular weight is 461 g/mol. The van der Waals surface area contributed by atoms with Gasteiger partial charge in [-0.25, -0.2) is 4.98 Å². The predicted molar refractivity (Wildman–Crippen MR) is 134 cm³/mol. The van der Waals surface area contributed by atoms with Crippen LogP contribution in [-0.2, 0) is 0 Å². The molecule has 1 aromatic heterocycles. The van der Waals surface area contributed by atoms with Gasteiger partial charge in [-0.2, -0.15) is 5.10 Å². The highest BCUT2D eigenvalue weighted by atomic mass is 35.5. The van der Waals surface area contributed by atoms with Gasteiger partial charge in [0.25, 0.3) is 5.91 Å². The molecular formula is C25H21ClN4OS. The van der Waals surface area contributed by atoms with Gasteiger partial charge in [-0.1, -0.05) is 88.7 Å². The van der Waals surface area contributed by atoms with Crippen molar-refractivity contribution in [1.82, 2.24) is 4.98 Å². The minimum absolute atomic E-state index is 0.187. The van der Waals surface area contributed by atoms with Gasteiger partial charge in [0.05, 0.1) is 6.21 Å². The van der Waals surface area contributed by atoms with Crippen molar-refractivity contribution in [3.63, 3.8) is 0 Å². The van der Waals surface area contributed by atoms with E-state index in [-0.39, 0.29) is 5.91 Å². The van der Waals surface area contributed by atoms with E-state index in [4.69, 9.17) is 11.6 Å². The molecule has 160 valence electrons. The number of halogens is 1. The molecule has 1 amide bonds. The smallest absolute Gasteiger partial charge is 0.256 e. The maximum Gasteiger partial charge on any atom is 0.256 e. The van der Waals surface area contributed by atoms with Gasteiger partial charge in [0.15, 0.2) is 0 Å². The molecule has 0 saturated carbocycles. The average Bonchev–Trinajstić information content (AvgIpc) is 3.18. The zero-order chi connectivity index (χ0) is 22.5. The van der Waals surface area contributed by atoms with Crippen LogP contribution in [0.1, 0.15) is 27.0 Å². The maximum absolute atomic E-state index is 12.8. The standard InChI is InChI=1S/C25H21ClN4OS/c1-16-7-11-18(12-8-16)22-24(29-23(31)19-13-9-17(2)10-14-19)32-25(28-22)30-27-15-20-5-3-4-6-21(20)26/h3-15H,1-2H3,(H,28,30)(H,29,31)/b27-15-. The van der Waals surface area contributed by atoms with Crippen LogP contribution in [-0.4, -0.2) is 17.1 Å². The van der Waals surface area contributed by atoms with Gasteiger partial charge in [0.2, 0.25) is 5.13 Å². The Balaban J connectivity index is 1.61. The Morgan fingerprint density at radius 3 is 2.31 bits per heavy atom. The predicted octanol–water partition coefficient (Wildman–Crippen LogP) is 6.78. The van der Waals surface area contributed by atoms with Crippen LogP contribution in [0.4, 0.5) is 10.1 Å². The van der Waals surface area contributed by atoms with E-state index < -0.39 is 0 Å². The fourth-order valence-corrected chi connectivity index (χ4v) is 3.99. The zero-order valence-electron chi connectivity index (χ0n) is 17.6. The molecule has 0 atom stereocenters.